The first-order valence-corrected chi connectivity index (χ1v) is 8.89. The third-order valence-corrected chi connectivity index (χ3v) is 5.35. The van der Waals surface area contributed by atoms with Crippen LogP contribution >= 0.6 is 0 Å². The first-order chi connectivity index (χ1) is 11.7. The fourth-order valence-electron chi connectivity index (χ4n) is 4.07. The van der Waals surface area contributed by atoms with Gasteiger partial charge in [0, 0.05) is 37.8 Å². The number of hydrogen-bond acceptors (Lipinski definition) is 4. The Morgan fingerprint density at radius 3 is 2.83 bits per heavy atom. The Morgan fingerprint density at radius 2 is 2.08 bits per heavy atom. The number of hydrogen-bond donors (Lipinski definition) is 1. The number of amides is 1. The predicted molar refractivity (Wildman–Crippen MR) is 93.3 cm³/mol. The van der Waals surface area contributed by atoms with E-state index < -0.39 is 0 Å². The van der Waals surface area contributed by atoms with Gasteiger partial charge < -0.3 is 14.8 Å². The van der Waals surface area contributed by atoms with Crippen LogP contribution in [-0.2, 0) is 16.0 Å². The molecule has 0 aromatic heterocycles. The molecule has 3 atom stereocenters. The standard InChI is InChI=1S/C19H28N2O3/c1-23-15-10-11-21(13-15)17-8-5-7-16(17)20-19(22)12-14-6-3-4-9-18(14)24-2/h3-4,6,9,15-17H,5,7-8,10-13H2,1-2H3,(H,20,22)/t15?,16-,17+/m1/s1. The number of nitrogens with one attached hydrogen (secondary N) is 1. The quantitative estimate of drug-likeness (QED) is 0.866. The van der Waals surface area contributed by atoms with E-state index in [1.165, 1.54) is 6.42 Å². The third-order valence-electron chi connectivity index (χ3n) is 5.35. The van der Waals surface area contributed by atoms with E-state index in [0.29, 0.717) is 18.6 Å². The Balaban J connectivity index is 1.57. The third kappa shape index (κ3) is 3.90. The van der Waals surface area contributed by atoms with Crippen molar-refractivity contribution >= 4 is 5.91 Å². The molecular weight excluding hydrogens is 304 g/mol. The minimum absolute atomic E-state index is 0.0823. The SMILES string of the molecule is COc1ccccc1CC(=O)N[C@@H]1CCC[C@@H]1N1CCC(OC)C1. The molecular formula is C19H28N2O3. The molecule has 1 heterocycles. The molecule has 1 aromatic carbocycles. The molecule has 1 unspecified atom stereocenters. The van der Waals surface area contributed by atoms with Crippen LogP contribution in [0.5, 0.6) is 5.75 Å². The van der Waals surface area contributed by atoms with Gasteiger partial charge in [-0.3, -0.25) is 9.69 Å². The van der Waals surface area contributed by atoms with Gasteiger partial charge in [-0.15, -0.1) is 0 Å². The summed E-state index contributed by atoms with van der Waals surface area (Å²) in [5, 5.41) is 3.26. The van der Waals surface area contributed by atoms with E-state index in [2.05, 4.69) is 10.2 Å². The van der Waals surface area contributed by atoms with Crippen molar-refractivity contribution in [3.63, 3.8) is 0 Å². The zero-order valence-corrected chi connectivity index (χ0v) is 14.7. The van der Waals surface area contributed by atoms with Crippen LogP contribution in [0.25, 0.3) is 0 Å². The highest BCUT2D eigenvalue weighted by Crippen LogP contribution is 2.28. The van der Waals surface area contributed by atoms with E-state index in [9.17, 15) is 4.79 Å². The minimum atomic E-state index is 0.0823. The number of rotatable bonds is 6. The number of ether oxygens (including phenoxy) is 2. The van der Waals surface area contributed by atoms with Crippen molar-refractivity contribution < 1.29 is 14.3 Å². The number of nitrogens with zero attached hydrogens (tertiary/aromatic N) is 1. The summed E-state index contributed by atoms with van der Waals surface area (Å²) in [5.74, 6) is 0.858. The van der Waals surface area contributed by atoms with Crippen molar-refractivity contribution in [2.75, 3.05) is 27.3 Å². The Morgan fingerprint density at radius 1 is 1.25 bits per heavy atom. The molecule has 1 N–H and O–H groups in total. The monoisotopic (exact) mass is 332 g/mol. The summed E-state index contributed by atoms with van der Waals surface area (Å²) in [6.07, 6.45) is 5.21. The second-order valence-corrected chi connectivity index (χ2v) is 6.80. The molecule has 5 heteroatoms. The van der Waals surface area contributed by atoms with Gasteiger partial charge in [-0.05, 0) is 31.7 Å². The number of para-hydroxylation sites is 1. The molecule has 3 rings (SSSR count). The maximum absolute atomic E-state index is 12.5. The van der Waals surface area contributed by atoms with Crippen molar-refractivity contribution in [3.8, 4) is 5.75 Å². The van der Waals surface area contributed by atoms with Gasteiger partial charge in [0.05, 0.1) is 19.6 Å². The fraction of sp³-hybridized carbons (Fsp3) is 0.632. The van der Waals surface area contributed by atoms with Gasteiger partial charge in [0.2, 0.25) is 5.91 Å². The van der Waals surface area contributed by atoms with E-state index in [0.717, 1.165) is 43.7 Å². The molecule has 1 aromatic rings. The highest BCUT2D eigenvalue weighted by molar-refractivity contribution is 5.79. The van der Waals surface area contributed by atoms with Crippen molar-refractivity contribution in [1.29, 1.82) is 0 Å². The molecule has 132 valence electrons. The van der Waals surface area contributed by atoms with Crippen molar-refractivity contribution in [2.24, 2.45) is 0 Å². The van der Waals surface area contributed by atoms with Gasteiger partial charge in [0.15, 0.2) is 0 Å². The van der Waals surface area contributed by atoms with Crippen LogP contribution < -0.4 is 10.1 Å². The summed E-state index contributed by atoms with van der Waals surface area (Å²) in [5.41, 5.74) is 0.938. The van der Waals surface area contributed by atoms with Gasteiger partial charge >= 0.3 is 0 Å². The number of benzene rings is 1. The second kappa shape index (κ2) is 7.99. The smallest absolute Gasteiger partial charge is 0.224 e. The topological polar surface area (TPSA) is 50.8 Å². The average Bonchev–Trinajstić information content (AvgIpc) is 3.23. The summed E-state index contributed by atoms with van der Waals surface area (Å²) >= 11 is 0. The molecule has 0 spiro atoms. The van der Waals surface area contributed by atoms with Crippen LogP contribution in [-0.4, -0.2) is 56.3 Å². The predicted octanol–water partition coefficient (Wildman–Crippen LogP) is 2.00. The summed E-state index contributed by atoms with van der Waals surface area (Å²) < 4.78 is 10.8. The van der Waals surface area contributed by atoms with E-state index in [-0.39, 0.29) is 11.9 Å². The lowest BCUT2D eigenvalue weighted by molar-refractivity contribution is -0.121. The van der Waals surface area contributed by atoms with Crippen molar-refractivity contribution in [1.82, 2.24) is 10.2 Å². The zero-order valence-electron chi connectivity index (χ0n) is 14.7. The maximum Gasteiger partial charge on any atom is 0.224 e. The molecule has 1 aliphatic heterocycles. The molecule has 0 bridgehead atoms. The van der Waals surface area contributed by atoms with Gasteiger partial charge in [0.25, 0.3) is 0 Å². The van der Waals surface area contributed by atoms with Crippen LogP contribution in [0, 0.1) is 0 Å². The van der Waals surface area contributed by atoms with Crippen molar-refractivity contribution in [2.45, 2.75) is 50.3 Å². The molecule has 2 fully saturated rings. The highest BCUT2D eigenvalue weighted by atomic mass is 16.5. The Hall–Kier alpha value is -1.59. The molecule has 1 aliphatic carbocycles. The van der Waals surface area contributed by atoms with Gasteiger partial charge in [0.1, 0.15) is 5.75 Å². The number of carbonyl (C=O) groups excluding carboxylic acids is 1. The Kier molecular flexibility index (Phi) is 5.74. The van der Waals surface area contributed by atoms with E-state index in [1.807, 2.05) is 24.3 Å². The highest BCUT2D eigenvalue weighted by Gasteiger charge is 2.36. The number of carbonyl (C=O) groups is 1. The molecule has 0 radical (unpaired) electrons. The van der Waals surface area contributed by atoms with E-state index in [4.69, 9.17) is 9.47 Å². The zero-order chi connectivity index (χ0) is 16.9. The Bertz CT molecular complexity index is 563. The number of likely N-dealkylation sites (tertiary alicyclic amines) is 1. The lowest BCUT2D eigenvalue weighted by Gasteiger charge is -2.30. The summed E-state index contributed by atoms with van der Waals surface area (Å²) in [6, 6.07) is 8.42. The molecule has 2 aliphatic rings. The molecule has 24 heavy (non-hydrogen) atoms. The van der Waals surface area contributed by atoms with Crippen LogP contribution in [0.1, 0.15) is 31.2 Å². The van der Waals surface area contributed by atoms with Crippen molar-refractivity contribution in [3.05, 3.63) is 29.8 Å². The molecule has 1 saturated carbocycles. The summed E-state index contributed by atoms with van der Waals surface area (Å²) in [4.78, 5) is 15.0. The first kappa shape index (κ1) is 17.2. The Labute approximate surface area is 144 Å². The van der Waals surface area contributed by atoms with Gasteiger partial charge in [-0.25, -0.2) is 0 Å². The number of methoxy groups -OCH3 is 2. The summed E-state index contributed by atoms with van der Waals surface area (Å²) in [7, 11) is 3.43. The van der Waals surface area contributed by atoms with E-state index >= 15 is 0 Å². The normalized spacial score (nSPS) is 27.3. The fourth-order valence-corrected chi connectivity index (χ4v) is 4.07. The molecule has 1 saturated heterocycles. The second-order valence-electron chi connectivity index (χ2n) is 6.80. The van der Waals surface area contributed by atoms with Crippen LogP contribution in [0.4, 0.5) is 0 Å². The van der Waals surface area contributed by atoms with Gasteiger partial charge in [-0.1, -0.05) is 18.2 Å². The average molecular weight is 332 g/mol. The molecule has 1 amide bonds. The lowest BCUT2D eigenvalue weighted by Crippen LogP contribution is -2.48. The largest absolute Gasteiger partial charge is 0.496 e. The summed E-state index contributed by atoms with van der Waals surface area (Å²) in [6.45, 7) is 2.06. The lowest BCUT2D eigenvalue weighted by atomic mass is 10.1. The maximum atomic E-state index is 12.5. The minimum Gasteiger partial charge on any atom is -0.496 e. The molecule has 5 nitrogen and oxygen atoms in total. The van der Waals surface area contributed by atoms with E-state index in [1.54, 1.807) is 14.2 Å². The van der Waals surface area contributed by atoms with Gasteiger partial charge in [-0.2, -0.15) is 0 Å². The van der Waals surface area contributed by atoms with Crippen LogP contribution in [0.15, 0.2) is 24.3 Å². The van der Waals surface area contributed by atoms with Crippen LogP contribution in [0.2, 0.25) is 0 Å². The van der Waals surface area contributed by atoms with Crippen LogP contribution in [0.3, 0.4) is 0 Å². The first-order valence-electron chi connectivity index (χ1n) is 8.89.